The van der Waals surface area contributed by atoms with E-state index >= 15 is 0 Å². The SMILES string of the molecule is COc1ccc(CN2CCN(C(=O)C3CCCN(c4cnccn4)C3)CC2)c(OC)c1OC. The van der Waals surface area contributed by atoms with Gasteiger partial charge in [0.25, 0.3) is 0 Å². The van der Waals surface area contributed by atoms with Gasteiger partial charge in [-0.3, -0.25) is 14.7 Å². The molecule has 2 saturated heterocycles. The van der Waals surface area contributed by atoms with Crippen LogP contribution >= 0.6 is 0 Å². The van der Waals surface area contributed by atoms with Gasteiger partial charge in [0, 0.05) is 63.8 Å². The van der Waals surface area contributed by atoms with Crippen molar-refractivity contribution in [2.45, 2.75) is 19.4 Å². The number of hydrogen-bond acceptors (Lipinski definition) is 8. The van der Waals surface area contributed by atoms with Crippen molar-refractivity contribution >= 4 is 11.7 Å². The summed E-state index contributed by atoms with van der Waals surface area (Å²) in [6.45, 7) is 5.47. The number of carbonyl (C=O) groups excluding carboxylic acids is 1. The fourth-order valence-electron chi connectivity index (χ4n) is 4.75. The quantitative estimate of drug-likeness (QED) is 0.628. The smallest absolute Gasteiger partial charge is 0.227 e. The van der Waals surface area contributed by atoms with Crippen LogP contribution in [0, 0.1) is 5.92 Å². The Morgan fingerprint density at radius 3 is 2.45 bits per heavy atom. The molecule has 1 amide bonds. The lowest BCUT2D eigenvalue weighted by atomic mass is 9.96. The number of amides is 1. The molecule has 1 aromatic carbocycles. The van der Waals surface area contributed by atoms with Crippen molar-refractivity contribution in [3.05, 3.63) is 36.3 Å². The first-order valence-corrected chi connectivity index (χ1v) is 11.4. The largest absolute Gasteiger partial charge is 0.493 e. The number of piperazine rings is 1. The molecule has 3 heterocycles. The highest BCUT2D eigenvalue weighted by atomic mass is 16.5. The summed E-state index contributed by atoms with van der Waals surface area (Å²) in [6, 6.07) is 3.92. The van der Waals surface area contributed by atoms with Crippen molar-refractivity contribution < 1.29 is 19.0 Å². The molecule has 2 aromatic rings. The van der Waals surface area contributed by atoms with Gasteiger partial charge in [-0.05, 0) is 18.9 Å². The van der Waals surface area contributed by atoms with Crippen molar-refractivity contribution in [3.63, 3.8) is 0 Å². The zero-order valence-corrected chi connectivity index (χ0v) is 19.7. The second-order valence-corrected chi connectivity index (χ2v) is 8.44. The topological polar surface area (TPSA) is 80.3 Å². The van der Waals surface area contributed by atoms with Crippen LogP contribution in [0.15, 0.2) is 30.7 Å². The minimum absolute atomic E-state index is 0.0123. The molecule has 0 bridgehead atoms. The maximum absolute atomic E-state index is 13.2. The van der Waals surface area contributed by atoms with Gasteiger partial charge < -0.3 is 24.0 Å². The lowest BCUT2D eigenvalue weighted by molar-refractivity contribution is -0.137. The van der Waals surface area contributed by atoms with Gasteiger partial charge in [-0.1, -0.05) is 6.07 Å². The van der Waals surface area contributed by atoms with Gasteiger partial charge >= 0.3 is 0 Å². The minimum Gasteiger partial charge on any atom is -0.493 e. The normalized spacial score (nSPS) is 19.3. The molecule has 2 aliphatic rings. The molecule has 0 aliphatic carbocycles. The third-order valence-electron chi connectivity index (χ3n) is 6.51. The number of carbonyl (C=O) groups is 1. The first-order chi connectivity index (χ1) is 16.1. The first-order valence-electron chi connectivity index (χ1n) is 11.4. The summed E-state index contributed by atoms with van der Waals surface area (Å²) in [6.07, 6.45) is 7.07. The number of ether oxygens (including phenoxy) is 3. The van der Waals surface area contributed by atoms with Crippen molar-refractivity contribution in [3.8, 4) is 17.2 Å². The zero-order chi connectivity index (χ0) is 23.2. The summed E-state index contributed by atoms with van der Waals surface area (Å²) in [5.41, 5.74) is 1.04. The molecule has 9 nitrogen and oxygen atoms in total. The summed E-state index contributed by atoms with van der Waals surface area (Å²) in [4.78, 5) is 28.4. The monoisotopic (exact) mass is 455 g/mol. The number of methoxy groups -OCH3 is 3. The highest BCUT2D eigenvalue weighted by Crippen LogP contribution is 2.40. The van der Waals surface area contributed by atoms with E-state index in [1.165, 1.54) is 0 Å². The van der Waals surface area contributed by atoms with E-state index < -0.39 is 0 Å². The molecule has 0 spiro atoms. The fourth-order valence-corrected chi connectivity index (χ4v) is 4.75. The number of benzene rings is 1. The van der Waals surface area contributed by atoms with Gasteiger partial charge in [-0.2, -0.15) is 0 Å². The molecule has 1 atom stereocenters. The minimum atomic E-state index is 0.0123. The highest BCUT2D eigenvalue weighted by Gasteiger charge is 2.32. The van der Waals surface area contributed by atoms with Crippen LogP contribution in [-0.4, -0.2) is 86.3 Å². The van der Waals surface area contributed by atoms with Gasteiger partial charge in [-0.15, -0.1) is 0 Å². The maximum Gasteiger partial charge on any atom is 0.227 e. The molecule has 9 heteroatoms. The summed E-state index contributed by atoms with van der Waals surface area (Å²) in [5, 5.41) is 0. The molecule has 178 valence electrons. The third-order valence-corrected chi connectivity index (χ3v) is 6.51. The number of anilines is 1. The Hall–Kier alpha value is -3.07. The predicted molar refractivity (Wildman–Crippen MR) is 125 cm³/mol. The molecular formula is C24H33N5O4. The Kier molecular flexibility index (Phi) is 7.49. The summed E-state index contributed by atoms with van der Waals surface area (Å²) in [5.74, 6) is 3.07. The van der Waals surface area contributed by atoms with Crippen LogP contribution in [0.5, 0.6) is 17.2 Å². The molecule has 2 fully saturated rings. The third kappa shape index (κ3) is 5.13. The molecule has 1 unspecified atom stereocenters. The maximum atomic E-state index is 13.2. The molecule has 33 heavy (non-hydrogen) atoms. The van der Waals surface area contributed by atoms with Crippen LogP contribution in [0.25, 0.3) is 0 Å². The molecular weight excluding hydrogens is 422 g/mol. The molecule has 0 saturated carbocycles. The summed E-state index contributed by atoms with van der Waals surface area (Å²) < 4.78 is 16.5. The molecule has 1 aromatic heterocycles. The Labute approximate surface area is 195 Å². The summed E-state index contributed by atoms with van der Waals surface area (Å²) in [7, 11) is 4.88. The number of rotatable bonds is 7. The van der Waals surface area contributed by atoms with E-state index in [9.17, 15) is 4.79 Å². The fraction of sp³-hybridized carbons (Fsp3) is 0.542. The standard InChI is InChI=1S/C24H33N5O4/c1-31-20-7-6-18(22(32-2)23(20)33-3)16-27-11-13-28(14-12-27)24(30)19-5-4-10-29(17-19)21-15-25-8-9-26-21/h6-9,15,19H,4-5,10-14,16-17H2,1-3H3. The first kappa shape index (κ1) is 23.1. The molecule has 4 rings (SSSR count). The Balaban J connectivity index is 1.34. The Morgan fingerprint density at radius 2 is 1.79 bits per heavy atom. The van der Waals surface area contributed by atoms with E-state index in [1.807, 2.05) is 17.0 Å². The van der Waals surface area contributed by atoms with Crippen LogP contribution in [-0.2, 0) is 11.3 Å². The van der Waals surface area contributed by atoms with Gasteiger partial charge in [0.05, 0.1) is 33.4 Å². The van der Waals surface area contributed by atoms with Crippen LogP contribution in [0.2, 0.25) is 0 Å². The number of hydrogen-bond donors (Lipinski definition) is 0. The molecule has 0 radical (unpaired) electrons. The summed E-state index contributed by atoms with van der Waals surface area (Å²) >= 11 is 0. The lowest BCUT2D eigenvalue weighted by Crippen LogP contribution is -2.52. The Morgan fingerprint density at radius 1 is 1.00 bits per heavy atom. The number of aromatic nitrogens is 2. The Bertz CT molecular complexity index is 934. The van der Waals surface area contributed by atoms with Gasteiger partial charge in [0.1, 0.15) is 5.82 Å². The van der Waals surface area contributed by atoms with Crippen LogP contribution < -0.4 is 19.1 Å². The van der Waals surface area contributed by atoms with E-state index in [2.05, 4.69) is 19.8 Å². The average molecular weight is 456 g/mol. The van der Waals surface area contributed by atoms with E-state index in [0.717, 1.165) is 63.5 Å². The van der Waals surface area contributed by atoms with Crippen LogP contribution in [0.4, 0.5) is 5.82 Å². The van der Waals surface area contributed by atoms with Gasteiger partial charge in [-0.25, -0.2) is 4.98 Å². The van der Waals surface area contributed by atoms with Crippen molar-refractivity contribution in [1.82, 2.24) is 19.8 Å². The van der Waals surface area contributed by atoms with Crippen molar-refractivity contribution in [2.24, 2.45) is 5.92 Å². The van der Waals surface area contributed by atoms with Gasteiger partial charge in [0.15, 0.2) is 11.5 Å². The molecule has 2 aliphatic heterocycles. The highest BCUT2D eigenvalue weighted by molar-refractivity contribution is 5.80. The van der Waals surface area contributed by atoms with Crippen LogP contribution in [0.3, 0.4) is 0 Å². The van der Waals surface area contributed by atoms with Crippen LogP contribution in [0.1, 0.15) is 18.4 Å². The second-order valence-electron chi connectivity index (χ2n) is 8.44. The van der Waals surface area contributed by atoms with Crippen molar-refractivity contribution in [2.75, 3.05) is 65.5 Å². The molecule has 0 N–H and O–H groups in total. The second kappa shape index (κ2) is 10.7. The average Bonchev–Trinajstić information content (AvgIpc) is 2.89. The number of nitrogens with zero attached hydrogens (tertiary/aromatic N) is 5. The van der Waals surface area contributed by atoms with E-state index in [-0.39, 0.29) is 11.8 Å². The van der Waals surface area contributed by atoms with Crippen molar-refractivity contribution in [1.29, 1.82) is 0 Å². The predicted octanol–water partition coefficient (Wildman–Crippen LogP) is 2.06. The number of piperidine rings is 1. The lowest BCUT2D eigenvalue weighted by Gasteiger charge is -2.39. The van der Waals surface area contributed by atoms with E-state index in [0.29, 0.717) is 23.8 Å². The van der Waals surface area contributed by atoms with E-state index in [1.54, 1.807) is 39.9 Å². The van der Waals surface area contributed by atoms with Gasteiger partial charge in [0.2, 0.25) is 11.7 Å². The zero-order valence-electron chi connectivity index (χ0n) is 19.7. The van der Waals surface area contributed by atoms with E-state index in [4.69, 9.17) is 14.2 Å².